The number of rotatable bonds is 4. The van der Waals surface area contributed by atoms with Crippen LogP contribution in [-0.2, 0) is 6.54 Å². The van der Waals surface area contributed by atoms with Crippen LogP contribution in [0.25, 0.3) is 0 Å². The minimum Gasteiger partial charge on any atom is -0.496 e. The predicted molar refractivity (Wildman–Crippen MR) is 50.7 cm³/mol. The van der Waals surface area contributed by atoms with Crippen molar-refractivity contribution in [2.24, 2.45) is 0 Å². The van der Waals surface area contributed by atoms with Crippen LogP contribution in [0.2, 0.25) is 0 Å². The molecular weight excluding hydrogens is 188 g/mol. The highest BCUT2D eigenvalue weighted by Crippen LogP contribution is 2.25. The van der Waals surface area contributed by atoms with Crippen LogP contribution < -0.4 is 10.1 Å². The van der Waals surface area contributed by atoms with E-state index in [0.717, 1.165) is 5.56 Å². The number of hydrogen-bond donors (Lipinski definition) is 1. The van der Waals surface area contributed by atoms with Crippen LogP contribution in [-0.4, -0.2) is 14.2 Å². The Labute approximate surface area is 81.9 Å². The highest BCUT2D eigenvalue weighted by Gasteiger charge is 2.10. The molecule has 0 fully saturated rings. The van der Waals surface area contributed by atoms with Crippen LogP contribution in [0, 0.1) is 0 Å². The third-order valence-corrected chi connectivity index (χ3v) is 1.92. The molecule has 0 aliphatic carbocycles. The molecule has 1 N–H and O–H groups in total. The summed E-state index contributed by atoms with van der Waals surface area (Å²) in [6, 6.07) is 4.40. The van der Waals surface area contributed by atoms with Crippen molar-refractivity contribution >= 4 is 0 Å². The molecule has 14 heavy (non-hydrogen) atoms. The van der Waals surface area contributed by atoms with Crippen LogP contribution in [0.5, 0.6) is 5.75 Å². The van der Waals surface area contributed by atoms with Crippen molar-refractivity contribution in [3.63, 3.8) is 0 Å². The number of hydrogen-bond acceptors (Lipinski definition) is 2. The molecule has 0 saturated carbocycles. The van der Waals surface area contributed by atoms with Gasteiger partial charge in [-0.25, -0.2) is 8.78 Å². The summed E-state index contributed by atoms with van der Waals surface area (Å²) >= 11 is 0. The van der Waals surface area contributed by atoms with E-state index in [9.17, 15) is 8.78 Å². The van der Waals surface area contributed by atoms with Gasteiger partial charge in [0, 0.05) is 17.7 Å². The fourth-order valence-corrected chi connectivity index (χ4v) is 1.26. The van der Waals surface area contributed by atoms with E-state index in [1.807, 2.05) is 0 Å². The van der Waals surface area contributed by atoms with Crippen molar-refractivity contribution in [2.75, 3.05) is 14.2 Å². The number of benzene rings is 1. The monoisotopic (exact) mass is 201 g/mol. The molecule has 0 saturated heterocycles. The van der Waals surface area contributed by atoms with Crippen molar-refractivity contribution in [1.82, 2.24) is 5.32 Å². The second-order valence-corrected chi connectivity index (χ2v) is 2.90. The van der Waals surface area contributed by atoms with Gasteiger partial charge in [0.15, 0.2) is 0 Å². The standard InChI is InChI=1S/C10H13F2NO/c1-13-6-8-5-7(10(11)12)3-4-9(8)14-2/h3-5,10,13H,6H2,1-2H3. The van der Waals surface area contributed by atoms with Crippen LogP contribution in [0.4, 0.5) is 8.78 Å². The molecule has 2 nitrogen and oxygen atoms in total. The first-order valence-electron chi connectivity index (χ1n) is 4.28. The SMILES string of the molecule is CNCc1cc(C(F)F)ccc1OC. The number of nitrogens with one attached hydrogen (secondary N) is 1. The lowest BCUT2D eigenvalue weighted by Crippen LogP contribution is -2.07. The average Bonchev–Trinajstić information content (AvgIpc) is 2.18. The third-order valence-electron chi connectivity index (χ3n) is 1.92. The minimum absolute atomic E-state index is 0.0241. The van der Waals surface area contributed by atoms with Crippen molar-refractivity contribution < 1.29 is 13.5 Å². The summed E-state index contributed by atoms with van der Waals surface area (Å²) < 4.78 is 29.8. The van der Waals surface area contributed by atoms with Crippen molar-refractivity contribution in [1.29, 1.82) is 0 Å². The van der Waals surface area contributed by atoms with E-state index in [4.69, 9.17) is 4.74 Å². The lowest BCUT2D eigenvalue weighted by Gasteiger charge is -2.09. The Balaban J connectivity index is 3.01. The van der Waals surface area contributed by atoms with Crippen molar-refractivity contribution in [3.05, 3.63) is 29.3 Å². The van der Waals surface area contributed by atoms with Gasteiger partial charge in [0.1, 0.15) is 5.75 Å². The first kappa shape index (κ1) is 10.9. The maximum Gasteiger partial charge on any atom is 0.263 e. The normalized spacial score (nSPS) is 10.6. The molecule has 0 aliphatic heterocycles. The largest absolute Gasteiger partial charge is 0.496 e. The van der Waals surface area contributed by atoms with Crippen LogP contribution in [0.1, 0.15) is 17.6 Å². The highest BCUT2D eigenvalue weighted by molar-refractivity contribution is 5.37. The lowest BCUT2D eigenvalue weighted by molar-refractivity contribution is 0.151. The molecule has 0 aromatic heterocycles. The van der Waals surface area contributed by atoms with E-state index in [0.29, 0.717) is 12.3 Å². The number of halogens is 2. The molecular formula is C10H13F2NO. The third kappa shape index (κ3) is 2.42. The zero-order valence-electron chi connectivity index (χ0n) is 8.18. The quantitative estimate of drug-likeness (QED) is 0.807. The molecule has 0 amide bonds. The summed E-state index contributed by atoms with van der Waals surface area (Å²) in [6.45, 7) is 0.518. The summed E-state index contributed by atoms with van der Waals surface area (Å²) in [7, 11) is 3.28. The molecule has 1 aromatic rings. The topological polar surface area (TPSA) is 21.3 Å². The van der Waals surface area contributed by atoms with Gasteiger partial charge in [0.2, 0.25) is 0 Å². The Kier molecular flexibility index (Phi) is 3.83. The Morgan fingerprint density at radius 3 is 2.64 bits per heavy atom. The number of alkyl halides is 2. The van der Waals surface area contributed by atoms with Gasteiger partial charge in [0.05, 0.1) is 7.11 Å². The molecule has 0 spiro atoms. The van der Waals surface area contributed by atoms with Gasteiger partial charge in [-0.3, -0.25) is 0 Å². The second kappa shape index (κ2) is 4.91. The summed E-state index contributed by atoms with van der Waals surface area (Å²) in [5.41, 5.74) is 0.767. The van der Waals surface area contributed by atoms with Crippen LogP contribution >= 0.6 is 0 Å². The van der Waals surface area contributed by atoms with Gasteiger partial charge in [0.25, 0.3) is 6.43 Å². The van der Waals surface area contributed by atoms with E-state index in [1.165, 1.54) is 19.2 Å². The smallest absolute Gasteiger partial charge is 0.263 e. The Morgan fingerprint density at radius 1 is 1.43 bits per heavy atom. The Morgan fingerprint density at radius 2 is 2.14 bits per heavy atom. The molecule has 1 rings (SSSR count). The molecule has 0 radical (unpaired) electrons. The van der Waals surface area contributed by atoms with Gasteiger partial charge in [-0.1, -0.05) is 0 Å². The molecule has 0 unspecified atom stereocenters. The molecule has 0 aliphatic rings. The van der Waals surface area contributed by atoms with E-state index >= 15 is 0 Å². The number of ether oxygens (including phenoxy) is 1. The van der Waals surface area contributed by atoms with Gasteiger partial charge >= 0.3 is 0 Å². The van der Waals surface area contributed by atoms with Gasteiger partial charge < -0.3 is 10.1 Å². The van der Waals surface area contributed by atoms with E-state index < -0.39 is 6.43 Å². The van der Waals surface area contributed by atoms with E-state index in [1.54, 1.807) is 13.1 Å². The molecule has 4 heteroatoms. The minimum atomic E-state index is -2.43. The van der Waals surface area contributed by atoms with E-state index in [2.05, 4.69) is 5.32 Å². The summed E-state index contributed by atoms with van der Waals surface area (Å²) in [5, 5.41) is 2.90. The predicted octanol–water partition coefficient (Wildman–Crippen LogP) is 2.35. The molecule has 0 heterocycles. The Bertz CT molecular complexity index is 302. The fourth-order valence-electron chi connectivity index (χ4n) is 1.26. The molecule has 1 aromatic carbocycles. The lowest BCUT2D eigenvalue weighted by atomic mass is 10.1. The highest BCUT2D eigenvalue weighted by atomic mass is 19.3. The van der Waals surface area contributed by atoms with Gasteiger partial charge in [-0.2, -0.15) is 0 Å². The first-order chi connectivity index (χ1) is 6.69. The van der Waals surface area contributed by atoms with E-state index in [-0.39, 0.29) is 5.56 Å². The van der Waals surface area contributed by atoms with Gasteiger partial charge in [-0.15, -0.1) is 0 Å². The summed E-state index contributed by atoms with van der Waals surface area (Å²) in [5.74, 6) is 0.628. The van der Waals surface area contributed by atoms with Crippen molar-refractivity contribution in [2.45, 2.75) is 13.0 Å². The van der Waals surface area contributed by atoms with Crippen LogP contribution in [0.3, 0.4) is 0 Å². The van der Waals surface area contributed by atoms with Crippen molar-refractivity contribution in [3.8, 4) is 5.75 Å². The molecule has 0 bridgehead atoms. The number of methoxy groups -OCH3 is 1. The summed E-state index contributed by atoms with van der Waals surface area (Å²) in [6.07, 6.45) is -2.43. The molecule has 78 valence electrons. The maximum absolute atomic E-state index is 12.4. The molecule has 0 atom stereocenters. The zero-order chi connectivity index (χ0) is 10.6. The van der Waals surface area contributed by atoms with Crippen LogP contribution in [0.15, 0.2) is 18.2 Å². The Hall–Kier alpha value is -1.16. The van der Waals surface area contributed by atoms with Gasteiger partial charge in [-0.05, 0) is 25.2 Å². The second-order valence-electron chi connectivity index (χ2n) is 2.90. The maximum atomic E-state index is 12.4. The zero-order valence-corrected chi connectivity index (χ0v) is 8.18. The summed E-state index contributed by atoms with van der Waals surface area (Å²) in [4.78, 5) is 0. The average molecular weight is 201 g/mol. The fraction of sp³-hybridized carbons (Fsp3) is 0.400. The first-order valence-corrected chi connectivity index (χ1v) is 4.28.